The monoisotopic (exact) mass is 213 g/mol. The van der Waals surface area contributed by atoms with Gasteiger partial charge in [0.05, 0.1) is 6.54 Å². The molecule has 1 fully saturated rings. The SMILES string of the molecule is CCC(C)(C)C(=O)N(O)CC1CCCC1. The average Bonchev–Trinajstić information content (AvgIpc) is 2.69. The van der Waals surface area contributed by atoms with Crippen LogP contribution >= 0.6 is 0 Å². The molecule has 0 atom stereocenters. The summed E-state index contributed by atoms with van der Waals surface area (Å²) in [6, 6.07) is 0. The fraction of sp³-hybridized carbons (Fsp3) is 0.917. The zero-order valence-corrected chi connectivity index (χ0v) is 10.1. The number of carbonyl (C=O) groups excluding carboxylic acids is 1. The molecule has 0 unspecified atom stereocenters. The van der Waals surface area contributed by atoms with Crippen LogP contribution in [0.15, 0.2) is 0 Å². The molecule has 1 amide bonds. The Morgan fingerprint density at radius 2 is 1.93 bits per heavy atom. The Labute approximate surface area is 92.4 Å². The largest absolute Gasteiger partial charge is 0.286 e. The maximum Gasteiger partial charge on any atom is 0.251 e. The molecule has 0 heterocycles. The first-order chi connectivity index (χ1) is 6.97. The van der Waals surface area contributed by atoms with E-state index in [2.05, 4.69) is 0 Å². The van der Waals surface area contributed by atoms with Crippen LogP contribution in [-0.4, -0.2) is 22.7 Å². The van der Waals surface area contributed by atoms with E-state index in [1.54, 1.807) is 0 Å². The predicted octanol–water partition coefficient (Wildman–Crippen LogP) is 2.83. The van der Waals surface area contributed by atoms with E-state index < -0.39 is 5.41 Å². The lowest BCUT2D eigenvalue weighted by molar-refractivity contribution is -0.178. The van der Waals surface area contributed by atoms with E-state index in [0.717, 1.165) is 24.3 Å². The molecule has 0 aromatic heterocycles. The molecule has 88 valence electrons. The van der Waals surface area contributed by atoms with E-state index in [9.17, 15) is 10.0 Å². The van der Waals surface area contributed by atoms with Crippen molar-refractivity contribution in [2.75, 3.05) is 6.54 Å². The number of carbonyl (C=O) groups is 1. The van der Waals surface area contributed by atoms with Crippen molar-refractivity contribution >= 4 is 5.91 Å². The molecule has 0 bridgehead atoms. The first-order valence-corrected chi connectivity index (χ1v) is 5.98. The van der Waals surface area contributed by atoms with Crippen LogP contribution in [0.5, 0.6) is 0 Å². The van der Waals surface area contributed by atoms with Gasteiger partial charge in [0.15, 0.2) is 0 Å². The minimum Gasteiger partial charge on any atom is -0.286 e. The molecule has 1 rings (SSSR count). The summed E-state index contributed by atoms with van der Waals surface area (Å²) >= 11 is 0. The average molecular weight is 213 g/mol. The van der Waals surface area contributed by atoms with Crippen LogP contribution in [0.25, 0.3) is 0 Å². The fourth-order valence-electron chi connectivity index (χ4n) is 2.02. The van der Waals surface area contributed by atoms with Crippen molar-refractivity contribution in [3.05, 3.63) is 0 Å². The lowest BCUT2D eigenvalue weighted by Gasteiger charge is -2.28. The summed E-state index contributed by atoms with van der Waals surface area (Å²) in [6.07, 6.45) is 5.54. The van der Waals surface area contributed by atoms with Gasteiger partial charge >= 0.3 is 0 Å². The lowest BCUT2D eigenvalue weighted by atomic mass is 9.89. The molecule has 3 heteroatoms. The standard InChI is InChI=1S/C12H23NO2/c1-4-12(2,3)11(14)13(15)9-10-7-5-6-8-10/h10,15H,4-9H2,1-3H3. The van der Waals surface area contributed by atoms with E-state index >= 15 is 0 Å². The zero-order chi connectivity index (χ0) is 11.5. The molecule has 0 aromatic carbocycles. The van der Waals surface area contributed by atoms with Crippen molar-refractivity contribution in [1.29, 1.82) is 0 Å². The molecule has 1 aliphatic rings. The van der Waals surface area contributed by atoms with Crippen LogP contribution in [0.3, 0.4) is 0 Å². The Morgan fingerprint density at radius 3 is 2.40 bits per heavy atom. The van der Waals surface area contributed by atoms with Crippen LogP contribution in [-0.2, 0) is 4.79 Å². The van der Waals surface area contributed by atoms with Gasteiger partial charge in [-0.25, -0.2) is 5.06 Å². The molecule has 15 heavy (non-hydrogen) atoms. The summed E-state index contributed by atoms with van der Waals surface area (Å²) in [4.78, 5) is 11.9. The highest BCUT2D eigenvalue weighted by atomic mass is 16.5. The molecule has 3 nitrogen and oxygen atoms in total. The Bertz CT molecular complexity index is 220. The molecule has 0 spiro atoms. The van der Waals surface area contributed by atoms with Gasteiger partial charge in [-0.15, -0.1) is 0 Å². The van der Waals surface area contributed by atoms with Gasteiger partial charge in [0, 0.05) is 5.41 Å². The third-order valence-electron chi connectivity index (χ3n) is 3.60. The maximum absolute atomic E-state index is 11.9. The number of hydroxylamine groups is 2. The highest BCUT2D eigenvalue weighted by Gasteiger charge is 2.31. The second-order valence-corrected chi connectivity index (χ2v) is 5.28. The summed E-state index contributed by atoms with van der Waals surface area (Å²) in [5.74, 6) is 0.364. The Kier molecular flexibility index (Phi) is 4.14. The minimum atomic E-state index is -0.437. The molecule has 0 aliphatic heterocycles. The van der Waals surface area contributed by atoms with Crippen molar-refractivity contribution in [3.63, 3.8) is 0 Å². The zero-order valence-electron chi connectivity index (χ0n) is 10.1. The van der Waals surface area contributed by atoms with E-state index in [0.29, 0.717) is 12.5 Å². The second kappa shape index (κ2) is 4.97. The quantitative estimate of drug-likeness (QED) is 0.576. The van der Waals surface area contributed by atoms with Crippen molar-refractivity contribution < 1.29 is 10.0 Å². The van der Waals surface area contributed by atoms with Gasteiger partial charge in [-0.1, -0.05) is 33.6 Å². The van der Waals surface area contributed by atoms with Gasteiger partial charge in [-0.3, -0.25) is 10.0 Å². The second-order valence-electron chi connectivity index (χ2n) is 5.28. The number of nitrogens with zero attached hydrogens (tertiary/aromatic N) is 1. The highest BCUT2D eigenvalue weighted by molar-refractivity contribution is 5.80. The summed E-state index contributed by atoms with van der Waals surface area (Å²) in [5, 5.41) is 10.7. The van der Waals surface area contributed by atoms with Crippen LogP contribution in [0.2, 0.25) is 0 Å². The molecule has 1 N–H and O–H groups in total. The van der Waals surface area contributed by atoms with Crippen molar-refractivity contribution in [2.24, 2.45) is 11.3 Å². The molecular formula is C12H23NO2. The first kappa shape index (κ1) is 12.5. The maximum atomic E-state index is 11.9. The minimum absolute atomic E-state index is 0.142. The van der Waals surface area contributed by atoms with Crippen molar-refractivity contribution in [2.45, 2.75) is 52.9 Å². The Hall–Kier alpha value is -0.570. The van der Waals surface area contributed by atoms with Crippen LogP contribution in [0.1, 0.15) is 52.9 Å². The Morgan fingerprint density at radius 1 is 1.40 bits per heavy atom. The molecule has 1 saturated carbocycles. The van der Waals surface area contributed by atoms with Gasteiger partial charge < -0.3 is 0 Å². The lowest BCUT2D eigenvalue weighted by Crippen LogP contribution is -2.40. The molecular weight excluding hydrogens is 190 g/mol. The summed E-state index contributed by atoms with van der Waals surface area (Å²) in [6.45, 7) is 6.25. The number of hydrogen-bond acceptors (Lipinski definition) is 2. The van der Waals surface area contributed by atoms with Crippen LogP contribution in [0, 0.1) is 11.3 Å². The number of amides is 1. The normalized spacial score (nSPS) is 18.1. The fourth-order valence-corrected chi connectivity index (χ4v) is 2.02. The molecule has 0 saturated heterocycles. The molecule has 0 aromatic rings. The molecule has 1 aliphatic carbocycles. The summed E-state index contributed by atoms with van der Waals surface area (Å²) in [7, 11) is 0. The van der Waals surface area contributed by atoms with Crippen LogP contribution < -0.4 is 0 Å². The van der Waals surface area contributed by atoms with Crippen molar-refractivity contribution in [3.8, 4) is 0 Å². The van der Waals surface area contributed by atoms with Crippen molar-refractivity contribution in [1.82, 2.24) is 5.06 Å². The Balaban J connectivity index is 2.45. The van der Waals surface area contributed by atoms with E-state index in [-0.39, 0.29) is 5.91 Å². The van der Waals surface area contributed by atoms with Crippen LogP contribution in [0.4, 0.5) is 0 Å². The smallest absolute Gasteiger partial charge is 0.251 e. The molecule has 0 radical (unpaired) electrons. The first-order valence-electron chi connectivity index (χ1n) is 5.98. The third-order valence-corrected chi connectivity index (χ3v) is 3.60. The van der Waals surface area contributed by atoms with Gasteiger partial charge in [-0.2, -0.15) is 0 Å². The third kappa shape index (κ3) is 3.20. The van der Waals surface area contributed by atoms with Gasteiger partial charge in [-0.05, 0) is 25.2 Å². The number of rotatable bonds is 4. The number of hydrogen-bond donors (Lipinski definition) is 1. The van der Waals surface area contributed by atoms with E-state index in [1.807, 2.05) is 20.8 Å². The van der Waals surface area contributed by atoms with Gasteiger partial charge in [0.2, 0.25) is 0 Å². The summed E-state index contributed by atoms with van der Waals surface area (Å²) < 4.78 is 0. The van der Waals surface area contributed by atoms with Gasteiger partial charge in [0.1, 0.15) is 0 Å². The van der Waals surface area contributed by atoms with E-state index in [4.69, 9.17) is 0 Å². The topological polar surface area (TPSA) is 40.5 Å². The van der Waals surface area contributed by atoms with E-state index in [1.165, 1.54) is 12.8 Å². The predicted molar refractivity (Wildman–Crippen MR) is 59.5 cm³/mol. The van der Waals surface area contributed by atoms with Gasteiger partial charge in [0.25, 0.3) is 5.91 Å². The summed E-state index contributed by atoms with van der Waals surface area (Å²) in [5.41, 5.74) is -0.437. The highest BCUT2D eigenvalue weighted by Crippen LogP contribution is 2.27.